The second kappa shape index (κ2) is 8.65. The molecule has 148 valence electrons. The highest BCUT2D eigenvalue weighted by Gasteiger charge is 2.32. The molecule has 0 saturated carbocycles. The maximum Gasteiger partial charge on any atom is 0.350 e. The van der Waals surface area contributed by atoms with Crippen LogP contribution in [0.25, 0.3) is 0 Å². The molecule has 1 N–H and O–H groups in total. The fourth-order valence-corrected chi connectivity index (χ4v) is 3.41. The number of carbonyl (C=O) groups excluding carboxylic acids is 2. The van der Waals surface area contributed by atoms with Crippen LogP contribution in [-0.4, -0.2) is 24.1 Å². The van der Waals surface area contributed by atoms with Gasteiger partial charge in [-0.1, -0.05) is 35.9 Å². The Labute approximate surface area is 170 Å². The number of aryl methyl sites for hydroxylation is 1. The smallest absolute Gasteiger partial charge is 0.350 e. The van der Waals surface area contributed by atoms with Crippen LogP contribution in [0.15, 0.2) is 48.5 Å². The molecule has 3 rings (SSSR count). The molecule has 0 aliphatic heterocycles. The molecule has 28 heavy (non-hydrogen) atoms. The van der Waals surface area contributed by atoms with E-state index in [1.807, 2.05) is 18.2 Å². The van der Waals surface area contributed by atoms with Crippen molar-refractivity contribution >= 4 is 23.5 Å². The molecular formula is C22H24ClNO4. The molecule has 0 fully saturated rings. The minimum Gasteiger partial charge on any atom is -0.476 e. The number of carbonyl (C=O) groups is 2. The van der Waals surface area contributed by atoms with Gasteiger partial charge in [0.2, 0.25) is 0 Å². The van der Waals surface area contributed by atoms with Gasteiger partial charge in [-0.2, -0.15) is 0 Å². The van der Waals surface area contributed by atoms with E-state index in [9.17, 15) is 9.59 Å². The molecule has 5 nitrogen and oxygen atoms in total. The summed E-state index contributed by atoms with van der Waals surface area (Å²) in [6.07, 6.45) is 2.92. The van der Waals surface area contributed by atoms with E-state index in [1.165, 1.54) is 5.56 Å². The number of fused-ring (bicyclic) bond motifs is 1. The number of rotatable bonds is 6. The molecule has 1 aliphatic rings. The summed E-state index contributed by atoms with van der Waals surface area (Å²) in [6, 6.07) is 14.7. The fraction of sp³-hybridized carbons (Fsp3) is 0.364. The largest absolute Gasteiger partial charge is 0.476 e. The number of hydrogen-bond acceptors (Lipinski definition) is 4. The van der Waals surface area contributed by atoms with Gasteiger partial charge in [-0.3, -0.25) is 4.79 Å². The van der Waals surface area contributed by atoms with Crippen molar-refractivity contribution in [2.45, 2.75) is 44.8 Å². The normalized spacial score (nSPS) is 16.0. The third-order valence-corrected chi connectivity index (χ3v) is 4.97. The topological polar surface area (TPSA) is 64.6 Å². The summed E-state index contributed by atoms with van der Waals surface area (Å²) in [6.45, 7) is 2.85. The lowest BCUT2D eigenvalue weighted by atomic mass is 9.88. The second-order valence-corrected chi connectivity index (χ2v) is 7.79. The maximum atomic E-state index is 12.4. The van der Waals surface area contributed by atoms with Gasteiger partial charge in [0.1, 0.15) is 5.75 Å². The molecule has 0 radical (unpaired) electrons. The van der Waals surface area contributed by atoms with Gasteiger partial charge >= 0.3 is 5.97 Å². The zero-order chi connectivity index (χ0) is 20.1. The van der Waals surface area contributed by atoms with Crippen LogP contribution in [0.3, 0.4) is 0 Å². The number of ether oxygens (including phenoxy) is 2. The van der Waals surface area contributed by atoms with E-state index in [4.69, 9.17) is 21.1 Å². The van der Waals surface area contributed by atoms with E-state index in [2.05, 4.69) is 11.4 Å². The van der Waals surface area contributed by atoms with Crippen molar-refractivity contribution in [3.05, 3.63) is 64.7 Å². The molecule has 0 spiro atoms. The third kappa shape index (κ3) is 5.04. The first-order valence-electron chi connectivity index (χ1n) is 9.34. The van der Waals surface area contributed by atoms with E-state index in [0.29, 0.717) is 10.8 Å². The molecule has 2 aromatic rings. The first-order chi connectivity index (χ1) is 13.3. The quantitative estimate of drug-likeness (QED) is 0.735. The number of nitrogens with one attached hydrogen (secondary N) is 1. The van der Waals surface area contributed by atoms with Crippen LogP contribution in [0.4, 0.5) is 0 Å². The Morgan fingerprint density at radius 1 is 1.14 bits per heavy atom. The Balaban J connectivity index is 1.52. The zero-order valence-electron chi connectivity index (χ0n) is 16.0. The minimum absolute atomic E-state index is 0.0468. The molecule has 0 bridgehead atoms. The Hall–Kier alpha value is -2.53. The van der Waals surface area contributed by atoms with Crippen molar-refractivity contribution < 1.29 is 19.1 Å². The fourth-order valence-electron chi connectivity index (χ4n) is 3.28. The van der Waals surface area contributed by atoms with Crippen LogP contribution in [0.2, 0.25) is 5.02 Å². The highest BCUT2D eigenvalue weighted by atomic mass is 35.5. The van der Waals surface area contributed by atoms with Crippen LogP contribution in [-0.2, 0) is 20.7 Å². The highest BCUT2D eigenvalue weighted by Crippen LogP contribution is 2.29. The van der Waals surface area contributed by atoms with Crippen LogP contribution >= 0.6 is 11.6 Å². The van der Waals surface area contributed by atoms with E-state index in [1.54, 1.807) is 38.1 Å². The van der Waals surface area contributed by atoms with Crippen LogP contribution < -0.4 is 10.1 Å². The summed E-state index contributed by atoms with van der Waals surface area (Å²) in [7, 11) is 0. The number of halogens is 1. The van der Waals surface area contributed by atoms with Gasteiger partial charge in [0.05, 0.1) is 6.04 Å². The van der Waals surface area contributed by atoms with Crippen LogP contribution in [0.1, 0.15) is 43.9 Å². The summed E-state index contributed by atoms with van der Waals surface area (Å²) in [5.41, 5.74) is 1.17. The number of esters is 1. The zero-order valence-corrected chi connectivity index (χ0v) is 16.8. The van der Waals surface area contributed by atoms with Gasteiger partial charge in [0, 0.05) is 5.02 Å². The van der Waals surface area contributed by atoms with Gasteiger partial charge in [0.15, 0.2) is 12.2 Å². The molecule has 1 amide bonds. The van der Waals surface area contributed by atoms with Crippen LogP contribution in [0, 0.1) is 0 Å². The minimum atomic E-state index is -1.23. The SMILES string of the molecule is CC(C)(Oc1ccc(Cl)cc1)C(=O)OCC(=O)N[C@H]1CCCc2ccccc21. The molecule has 0 heterocycles. The molecule has 1 atom stereocenters. The second-order valence-electron chi connectivity index (χ2n) is 7.35. The van der Waals surface area contributed by atoms with E-state index in [-0.39, 0.29) is 18.6 Å². The number of amides is 1. The summed E-state index contributed by atoms with van der Waals surface area (Å²) in [4.78, 5) is 24.7. The molecule has 1 aliphatic carbocycles. The standard InChI is InChI=1S/C22H24ClNO4/c1-22(2,28-17-12-10-16(23)11-13-17)21(26)27-14-20(25)24-19-9-5-7-15-6-3-4-8-18(15)19/h3-4,6,8,10-13,19H,5,7,9,14H2,1-2H3,(H,24,25)/t19-/m0/s1. The lowest BCUT2D eigenvalue weighted by Crippen LogP contribution is -2.42. The average Bonchev–Trinajstić information content (AvgIpc) is 2.68. The van der Waals surface area contributed by atoms with Crippen molar-refractivity contribution in [3.63, 3.8) is 0 Å². The van der Waals surface area contributed by atoms with Crippen molar-refractivity contribution in [2.75, 3.05) is 6.61 Å². The van der Waals surface area contributed by atoms with Crippen LogP contribution in [0.5, 0.6) is 5.75 Å². The average molecular weight is 402 g/mol. The lowest BCUT2D eigenvalue weighted by Gasteiger charge is -2.27. The van der Waals surface area contributed by atoms with Gasteiger partial charge in [0.25, 0.3) is 5.91 Å². The lowest BCUT2D eigenvalue weighted by molar-refractivity contribution is -0.162. The van der Waals surface area contributed by atoms with Crippen molar-refractivity contribution in [1.29, 1.82) is 0 Å². The number of benzene rings is 2. The summed E-state index contributed by atoms with van der Waals surface area (Å²) >= 11 is 5.85. The van der Waals surface area contributed by atoms with E-state index >= 15 is 0 Å². The summed E-state index contributed by atoms with van der Waals surface area (Å²) in [5.74, 6) is -0.436. The van der Waals surface area contributed by atoms with E-state index < -0.39 is 11.6 Å². The molecule has 0 aromatic heterocycles. The third-order valence-electron chi connectivity index (χ3n) is 4.72. The van der Waals surface area contributed by atoms with Crippen molar-refractivity contribution in [2.24, 2.45) is 0 Å². The molecular weight excluding hydrogens is 378 g/mol. The Bertz CT molecular complexity index is 848. The predicted octanol–water partition coefficient (Wildman–Crippen LogP) is 4.23. The van der Waals surface area contributed by atoms with Gasteiger partial charge in [-0.15, -0.1) is 0 Å². The molecule has 2 aromatic carbocycles. The van der Waals surface area contributed by atoms with Gasteiger partial charge in [-0.05, 0) is 68.5 Å². The molecule has 0 saturated heterocycles. The Morgan fingerprint density at radius 3 is 2.61 bits per heavy atom. The molecule has 0 unspecified atom stereocenters. The predicted molar refractivity (Wildman–Crippen MR) is 107 cm³/mol. The summed E-state index contributed by atoms with van der Waals surface area (Å²) in [5, 5.41) is 3.54. The Kier molecular flexibility index (Phi) is 6.25. The van der Waals surface area contributed by atoms with Crippen molar-refractivity contribution in [3.8, 4) is 5.75 Å². The van der Waals surface area contributed by atoms with Gasteiger partial charge < -0.3 is 14.8 Å². The number of hydrogen-bond donors (Lipinski definition) is 1. The van der Waals surface area contributed by atoms with E-state index in [0.717, 1.165) is 24.8 Å². The first kappa shape index (κ1) is 20.2. The Morgan fingerprint density at radius 2 is 1.86 bits per heavy atom. The highest BCUT2D eigenvalue weighted by molar-refractivity contribution is 6.30. The van der Waals surface area contributed by atoms with Gasteiger partial charge in [-0.25, -0.2) is 4.79 Å². The maximum absolute atomic E-state index is 12.4. The first-order valence-corrected chi connectivity index (χ1v) is 9.72. The monoisotopic (exact) mass is 401 g/mol. The molecule has 6 heteroatoms. The van der Waals surface area contributed by atoms with Crippen molar-refractivity contribution in [1.82, 2.24) is 5.32 Å². The summed E-state index contributed by atoms with van der Waals surface area (Å²) < 4.78 is 10.9.